The smallest absolute Gasteiger partial charge is 0.324 e. The lowest BCUT2D eigenvalue weighted by molar-refractivity contribution is 0.262. The van der Waals surface area contributed by atoms with Gasteiger partial charge in [0.05, 0.1) is 24.6 Å². The number of aromatic nitrogens is 3. The molecular formula is C30H36N6O4. The van der Waals surface area contributed by atoms with Crippen LogP contribution < -0.4 is 20.3 Å². The number of amides is 2. The Kier molecular flexibility index (Phi) is 9.36. The number of nitrogens with one attached hydrogen (secondary N) is 2. The van der Waals surface area contributed by atoms with Crippen LogP contribution in [0.3, 0.4) is 0 Å². The van der Waals surface area contributed by atoms with Gasteiger partial charge in [-0.15, -0.1) is 0 Å². The maximum absolute atomic E-state index is 13.1. The summed E-state index contributed by atoms with van der Waals surface area (Å²) in [6, 6.07) is 19.7. The van der Waals surface area contributed by atoms with E-state index in [4.69, 9.17) is 9.84 Å². The van der Waals surface area contributed by atoms with Gasteiger partial charge in [0.2, 0.25) is 0 Å². The largest absolute Gasteiger partial charge is 0.457 e. The zero-order chi connectivity index (χ0) is 28.5. The second-order valence-electron chi connectivity index (χ2n) is 9.91. The van der Waals surface area contributed by atoms with Gasteiger partial charge in [0.25, 0.3) is 0 Å². The summed E-state index contributed by atoms with van der Waals surface area (Å²) in [7, 11) is 0. The average Bonchev–Trinajstić information content (AvgIpc) is 3.39. The van der Waals surface area contributed by atoms with E-state index in [1.165, 1.54) is 0 Å². The standard InChI is InChI=1S/C30H36N6O4/c1-4-30(2,3)27-21-28(36(34-27)24-7-5-6-23(20-24)35(16-18-37)17-19-38)33-29(39)32-22-8-10-25(11-9-22)40-26-12-14-31-15-13-26/h5-15,20-21,37-38H,4,16-19H2,1-3H3,(H2,32,33,39). The van der Waals surface area contributed by atoms with Crippen LogP contribution in [0.1, 0.15) is 32.9 Å². The molecule has 0 aliphatic heterocycles. The number of hydrogen-bond acceptors (Lipinski definition) is 7. The molecular weight excluding hydrogens is 508 g/mol. The summed E-state index contributed by atoms with van der Waals surface area (Å²) in [4.78, 5) is 18.9. The van der Waals surface area contributed by atoms with Crippen molar-refractivity contribution in [2.75, 3.05) is 41.8 Å². The molecule has 0 aliphatic carbocycles. The van der Waals surface area contributed by atoms with Gasteiger partial charge >= 0.3 is 6.03 Å². The minimum Gasteiger partial charge on any atom is -0.457 e. The number of pyridine rings is 1. The molecule has 0 fully saturated rings. The van der Waals surface area contributed by atoms with Crippen LogP contribution in [0.2, 0.25) is 0 Å². The van der Waals surface area contributed by atoms with Crippen LogP contribution in [-0.2, 0) is 5.41 Å². The van der Waals surface area contributed by atoms with E-state index in [0.29, 0.717) is 36.1 Å². The molecule has 0 radical (unpaired) electrons. The fourth-order valence-electron chi connectivity index (χ4n) is 4.04. The van der Waals surface area contributed by atoms with Crippen LogP contribution in [-0.4, -0.2) is 57.3 Å². The van der Waals surface area contributed by atoms with Crippen molar-refractivity contribution >= 4 is 23.2 Å². The summed E-state index contributed by atoms with van der Waals surface area (Å²) in [6.07, 6.45) is 4.18. The van der Waals surface area contributed by atoms with Gasteiger partial charge in [-0.2, -0.15) is 5.10 Å². The number of anilines is 3. The van der Waals surface area contributed by atoms with Gasteiger partial charge in [-0.05, 0) is 61.0 Å². The van der Waals surface area contributed by atoms with E-state index in [1.54, 1.807) is 53.5 Å². The highest BCUT2D eigenvalue weighted by Crippen LogP contribution is 2.30. The molecule has 0 saturated heterocycles. The van der Waals surface area contributed by atoms with Crippen LogP contribution in [0.5, 0.6) is 11.5 Å². The zero-order valence-corrected chi connectivity index (χ0v) is 23.0. The Labute approximate surface area is 234 Å². The van der Waals surface area contributed by atoms with Crippen molar-refractivity contribution < 1.29 is 19.7 Å². The molecule has 10 heteroatoms. The number of ether oxygens (including phenoxy) is 1. The molecule has 0 bridgehead atoms. The lowest BCUT2D eigenvalue weighted by Crippen LogP contribution is -2.29. The maximum Gasteiger partial charge on any atom is 0.324 e. The second kappa shape index (κ2) is 13.1. The molecule has 0 saturated carbocycles. The van der Waals surface area contributed by atoms with Crippen LogP contribution in [0.25, 0.3) is 5.69 Å². The molecule has 4 rings (SSSR count). The van der Waals surface area contributed by atoms with Gasteiger partial charge < -0.3 is 25.2 Å². The van der Waals surface area contributed by atoms with Gasteiger partial charge in [-0.1, -0.05) is 26.8 Å². The highest BCUT2D eigenvalue weighted by molar-refractivity contribution is 5.99. The average molecular weight is 545 g/mol. The predicted molar refractivity (Wildman–Crippen MR) is 157 cm³/mol. The summed E-state index contributed by atoms with van der Waals surface area (Å²) in [6.45, 7) is 7.02. The molecule has 0 spiro atoms. The fraction of sp³-hybridized carbons (Fsp3) is 0.300. The SMILES string of the molecule is CCC(C)(C)c1cc(NC(=O)Nc2ccc(Oc3ccncc3)cc2)n(-c2cccc(N(CCO)CCO)c2)n1. The first-order chi connectivity index (χ1) is 19.3. The monoisotopic (exact) mass is 544 g/mol. The number of aliphatic hydroxyl groups is 2. The van der Waals surface area contributed by atoms with Crippen molar-refractivity contribution in [1.29, 1.82) is 0 Å². The Balaban J connectivity index is 1.55. The third-order valence-corrected chi connectivity index (χ3v) is 6.71. The number of carbonyl (C=O) groups is 1. The predicted octanol–water partition coefficient (Wildman–Crippen LogP) is 5.18. The summed E-state index contributed by atoms with van der Waals surface area (Å²) >= 11 is 0. The van der Waals surface area contributed by atoms with E-state index >= 15 is 0 Å². The van der Waals surface area contributed by atoms with Gasteiger partial charge in [0.1, 0.15) is 17.3 Å². The van der Waals surface area contributed by atoms with Crippen LogP contribution in [0, 0.1) is 0 Å². The van der Waals surface area contributed by atoms with Crippen molar-refractivity contribution in [3.63, 3.8) is 0 Å². The number of urea groups is 1. The lowest BCUT2D eigenvalue weighted by atomic mass is 9.87. The minimum absolute atomic E-state index is 0.0371. The number of nitrogens with zero attached hydrogens (tertiary/aromatic N) is 4. The molecule has 0 aliphatic rings. The van der Waals surface area contributed by atoms with E-state index in [-0.39, 0.29) is 18.6 Å². The first-order valence-corrected chi connectivity index (χ1v) is 13.3. The Morgan fingerprint density at radius 3 is 2.27 bits per heavy atom. The molecule has 0 atom stereocenters. The molecule has 40 heavy (non-hydrogen) atoms. The van der Waals surface area contributed by atoms with Crippen LogP contribution in [0.4, 0.5) is 22.0 Å². The Morgan fingerprint density at radius 1 is 0.950 bits per heavy atom. The Hall–Kier alpha value is -4.41. The zero-order valence-electron chi connectivity index (χ0n) is 23.0. The number of hydrogen-bond donors (Lipinski definition) is 4. The molecule has 2 amide bonds. The molecule has 2 aromatic heterocycles. The van der Waals surface area contributed by atoms with Gasteiger partial charge in [-0.3, -0.25) is 10.3 Å². The number of benzene rings is 2. The van der Waals surface area contributed by atoms with Gasteiger partial charge in [0.15, 0.2) is 0 Å². The topological polar surface area (TPSA) is 125 Å². The van der Waals surface area contributed by atoms with Crippen molar-refractivity contribution in [1.82, 2.24) is 14.8 Å². The minimum atomic E-state index is -0.414. The van der Waals surface area contributed by atoms with Gasteiger partial charge in [0, 0.05) is 48.3 Å². The van der Waals surface area contributed by atoms with Crippen molar-refractivity contribution in [3.8, 4) is 17.2 Å². The number of rotatable bonds is 12. The number of carbonyl (C=O) groups excluding carboxylic acids is 1. The fourth-order valence-corrected chi connectivity index (χ4v) is 4.04. The normalized spacial score (nSPS) is 11.2. The van der Waals surface area contributed by atoms with E-state index < -0.39 is 6.03 Å². The van der Waals surface area contributed by atoms with Gasteiger partial charge in [-0.25, -0.2) is 9.48 Å². The van der Waals surface area contributed by atoms with E-state index in [1.807, 2.05) is 35.2 Å². The highest BCUT2D eigenvalue weighted by atomic mass is 16.5. The molecule has 10 nitrogen and oxygen atoms in total. The van der Waals surface area contributed by atoms with Crippen LogP contribution in [0.15, 0.2) is 79.1 Å². The molecule has 2 aromatic carbocycles. The van der Waals surface area contributed by atoms with E-state index in [2.05, 4.69) is 36.4 Å². The van der Waals surface area contributed by atoms with E-state index in [9.17, 15) is 15.0 Å². The molecule has 4 aromatic rings. The van der Waals surface area contributed by atoms with Crippen LogP contribution >= 0.6 is 0 Å². The maximum atomic E-state index is 13.1. The Morgan fingerprint density at radius 2 is 1.62 bits per heavy atom. The van der Waals surface area contributed by atoms with Crippen molar-refractivity contribution in [3.05, 3.63) is 84.8 Å². The molecule has 4 N–H and O–H groups in total. The van der Waals surface area contributed by atoms with Crippen molar-refractivity contribution in [2.24, 2.45) is 0 Å². The third-order valence-electron chi connectivity index (χ3n) is 6.71. The molecule has 210 valence electrons. The first kappa shape index (κ1) is 28.6. The summed E-state index contributed by atoms with van der Waals surface area (Å²) in [5.41, 5.74) is 2.81. The molecule has 0 unspecified atom stereocenters. The first-order valence-electron chi connectivity index (χ1n) is 13.3. The highest BCUT2D eigenvalue weighted by Gasteiger charge is 2.24. The quantitative estimate of drug-likeness (QED) is 0.194. The third kappa shape index (κ3) is 7.16. The Bertz CT molecular complexity index is 1380. The molecule has 2 heterocycles. The lowest BCUT2D eigenvalue weighted by Gasteiger charge is -2.23. The second-order valence-corrected chi connectivity index (χ2v) is 9.91. The summed E-state index contributed by atoms with van der Waals surface area (Å²) in [5.74, 6) is 1.82. The summed E-state index contributed by atoms with van der Waals surface area (Å²) in [5, 5.41) is 29.6. The number of aliphatic hydroxyl groups excluding tert-OH is 2. The van der Waals surface area contributed by atoms with E-state index in [0.717, 1.165) is 23.5 Å². The summed E-state index contributed by atoms with van der Waals surface area (Å²) < 4.78 is 7.50. The van der Waals surface area contributed by atoms with Crippen molar-refractivity contribution in [2.45, 2.75) is 32.6 Å².